The van der Waals surface area contributed by atoms with Crippen LogP contribution >= 0.6 is 0 Å². The van der Waals surface area contributed by atoms with Crippen LogP contribution < -0.4 is 12.4 Å². The molecule has 0 aliphatic heterocycles. The number of unbranched alkanes of at least 4 members (excludes halogenated alkanes) is 1. The van der Waals surface area contributed by atoms with Crippen LogP contribution in [0.1, 0.15) is 45.6 Å². The quantitative estimate of drug-likeness (QED) is 0.623. The zero-order valence-electron chi connectivity index (χ0n) is 12.2. The van der Waals surface area contributed by atoms with E-state index in [0.717, 1.165) is 0 Å². The lowest BCUT2D eigenvalue weighted by atomic mass is 10.1. The highest BCUT2D eigenvalue weighted by molar-refractivity contribution is 5.13. The standard InChI is InChI=1S/C16H28N.ClH/c1-4-7-14-17(6-3,13-5-2)15-16-11-9-8-10-12-16;/h8-12H,4-7,13-15H2,1-3H3;1H/q+1;/p-1. The molecule has 0 bridgehead atoms. The summed E-state index contributed by atoms with van der Waals surface area (Å²) in [6.45, 7) is 12.0. The molecule has 18 heavy (non-hydrogen) atoms. The molecule has 2 heteroatoms. The van der Waals surface area contributed by atoms with Gasteiger partial charge in [0.2, 0.25) is 0 Å². The van der Waals surface area contributed by atoms with Crippen molar-refractivity contribution >= 4 is 0 Å². The second-order valence-electron chi connectivity index (χ2n) is 5.10. The van der Waals surface area contributed by atoms with Gasteiger partial charge >= 0.3 is 0 Å². The summed E-state index contributed by atoms with van der Waals surface area (Å²) in [7, 11) is 0. The molecule has 0 spiro atoms. The van der Waals surface area contributed by atoms with Gasteiger partial charge in [0.05, 0.1) is 19.6 Å². The van der Waals surface area contributed by atoms with E-state index in [1.807, 2.05) is 0 Å². The normalized spacial score (nSPS) is 13.7. The van der Waals surface area contributed by atoms with Crippen LogP contribution in [0.4, 0.5) is 0 Å². The van der Waals surface area contributed by atoms with Crippen molar-refractivity contribution in [1.29, 1.82) is 0 Å². The number of nitrogens with zero attached hydrogens (tertiary/aromatic N) is 1. The largest absolute Gasteiger partial charge is 1.00 e. The fraction of sp³-hybridized carbons (Fsp3) is 0.625. The lowest BCUT2D eigenvalue weighted by Crippen LogP contribution is -3.00. The van der Waals surface area contributed by atoms with Gasteiger partial charge in [0, 0.05) is 5.56 Å². The Hall–Kier alpha value is -0.530. The second-order valence-corrected chi connectivity index (χ2v) is 5.10. The molecule has 0 N–H and O–H groups in total. The first-order valence-corrected chi connectivity index (χ1v) is 7.15. The van der Waals surface area contributed by atoms with Gasteiger partial charge < -0.3 is 16.9 Å². The Balaban J connectivity index is 0.00000289. The molecule has 1 aromatic rings. The molecular formula is C16H28ClN. The third-order valence-corrected chi connectivity index (χ3v) is 3.72. The lowest BCUT2D eigenvalue weighted by molar-refractivity contribution is -0.939. The molecule has 0 amide bonds. The smallest absolute Gasteiger partial charge is 0.104 e. The fourth-order valence-corrected chi connectivity index (χ4v) is 2.64. The summed E-state index contributed by atoms with van der Waals surface area (Å²) in [5.41, 5.74) is 1.49. The number of hydrogen-bond acceptors (Lipinski definition) is 0. The molecule has 0 radical (unpaired) electrons. The molecule has 0 saturated carbocycles. The maximum atomic E-state index is 2.34. The molecule has 0 fully saturated rings. The minimum absolute atomic E-state index is 0. The predicted octanol–water partition coefficient (Wildman–Crippen LogP) is 1.24. The molecule has 1 nitrogen and oxygen atoms in total. The molecule has 0 aliphatic carbocycles. The van der Waals surface area contributed by atoms with Crippen molar-refractivity contribution < 1.29 is 16.9 Å². The van der Waals surface area contributed by atoms with Gasteiger partial charge in [-0.15, -0.1) is 0 Å². The van der Waals surface area contributed by atoms with Gasteiger partial charge in [-0.2, -0.15) is 0 Å². The first kappa shape index (κ1) is 17.5. The Morgan fingerprint density at radius 2 is 1.56 bits per heavy atom. The van der Waals surface area contributed by atoms with Crippen molar-refractivity contribution in [2.75, 3.05) is 19.6 Å². The van der Waals surface area contributed by atoms with Gasteiger partial charge in [0.15, 0.2) is 0 Å². The molecule has 1 rings (SSSR count). The van der Waals surface area contributed by atoms with Crippen molar-refractivity contribution in [2.45, 2.75) is 46.6 Å². The van der Waals surface area contributed by atoms with Crippen molar-refractivity contribution in [3.8, 4) is 0 Å². The van der Waals surface area contributed by atoms with Crippen LogP contribution in [-0.2, 0) is 6.54 Å². The van der Waals surface area contributed by atoms with Gasteiger partial charge in [-0.25, -0.2) is 0 Å². The fourth-order valence-electron chi connectivity index (χ4n) is 2.64. The molecule has 1 aromatic carbocycles. The number of halogens is 1. The van der Waals surface area contributed by atoms with Crippen LogP contribution in [0.2, 0.25) is 0 Å². The highest BCUT2D eigenvalue weighted by Crippen LogP contribution is 2.17. The first-order chi connectivity index (χ1) is 8.26. The van der Waals surface area contributed by atoms with Gasteiger partial charge in [-0.3, -0.25) is 0 Å². The lowest BCUT2D eigenvalue weighted by Gasteiger charge is -2.38. The van der Waals surface area contributed by atoms with Crippen molar-refractivity contribution in [3.05, 3.63) is 35.9 Å². The predicted molar refractivity (Wildman–Crippen MR) is 75.9 cm³/mol. The highest BCUT2D eigenvalue weighted by Gasteiger charge is 2.23. The van der Waals surface area contributed by atoms with E-state index in [2.05, 4.69) is 51.1 Å². The highest BCUT2D eigenvalue weighted by atomic mass is 35.5. The summed E-state index contributed by atoms with van der Waals surface area (Å²) in [4.78, 5) is 0. The van der Waals surface area contributed by atoms with Gasteiger partial charge in [-0.05, 0) is 19.8 Å². The minimum atomic E-state index is 0. The second kappa shape index (κ2) is 9.41. The van der Waals surface area contributed by atoms with Crippen LogP contribution in [0.5, 0.6) is 0 Å². The number of quaternary nitrogens is 1. The van der Waals surface area contributed by atoms with Crippen LogP contribution in [-0.4, -0.2) is 24.1 Å². The average molecular weight is 270 g/mol. The van der Waals surface area contributed by atoms with Gasteiger partial charge in [0.25, 0.3) is 0 Å². The Morgan fingerprint density at radius 3 is 2.06 bits per heavy atom. The molecule has 0 aliphatic rings. The summed E-state index contributed by atoms with van der Waals surface area (Å²) in [6, 6.07) is 11.0. The third-order valence-electron chi connectivity index (χ3n) is 3.72. The Labute approximate surface area is 119 Å². The molecule has 1 unspecified atom stereocenters. The zero-order chi connectivity index (χ0) is 12.6. The zero-order valence-corrected chi connectivity index (χ0v) is 12.9. The van der Waals surface area contributed by atoms with Crippen molar-refractivity contribution in [3.63, 3.8) is 0 Å². The van der Waals surface area contributed by atoms with Crippen LogP contribution in [0.25, 0.3) is 0 Å². The summed E-state index contributed by atoms with van der Waals surface area (Å²) < 4.78 is 1.26. The van der Waals surface area contributed by atoms with E-state index in [1.165, 1.54) is 55.5 Å². The Morgan fingerprint density at radius 1 is 0.889 bits per heavy atom. The first-order valence-electron chi connectivity index (χ1n) is 7.15. The molecule has 0 aromatic heterocycles. The Bertz CT molecular complexity index is 299. The summed E-state index contributed by atoms with van der Waals surface area (Å²) in [5.74, 6) is 0. The third kappa shape index (κ3) is 5.41. The number of hydrogen-bond donors (Lipinski definition) is 0. The van der Waals surface area contributed by atoms with Crippen molar-refractivity contribution in [1.82, 2.24) is 0 Å². The average Bonchev–Trinajstić information content (AvgIpc) is 2.37. The Kier molecular flexibility index (Phi) is 9.13. The SMILES string of the molecule is CCCC[N+](CC)(CCC)Cc1ccccc1.[Cl-]. The van der Waals surface area contributed by atoms with E-state index in [4.69, 9.17) is 0 Å². The van der Waals surface area contributed by atoms with Crippen molar-refractivity contribution in [2.24, 2.45) is 0 Å². The van der Waals surface area contributed by atoms with E-state index in [1.54, 1.807) is 0 Å². The topological polar surface area (TPSA) is 0 Å². The van der Waals surface area contributed by atoms with Gasteiger partial charge in [0.1, 0.15) is 6.54 Å². The maximum absolute atomic E-state index is 2.34. The summed E-state index contributed by atoms with van der Waals surface area (Å²) in [5, 5.41) is 0. The van der Waals surface area contributed by atoms with Gasteiger partial charge in [-0.1, -0.05) is 50.6 Å². The van der Waals surface area contributed by atoms with E-state index < -0.39 is 0 Å². The van der Waals surface area contributed by atoms with E-state index in [-0.39, 0.29) is 12.4 Å². The summed E-state index contributed by atoms with van der Waals surface area (Å²) >= 11 is 0. The molecule has 104 valence electrons. The number of rotatable bonds is 8. The molecule has 0 heterocycles. The van der Waals surface area contributed by atoms with E-state index in [9.17, 15) is 0 Å². The molecular weight excluding hydrogens is 242 g/mol. The van der Waals surface area contributed by atoms with E-state index >= 15 is 0 Å². The summed E-state index contributed by atoms with van der Waals surface area (Å²) in [6.07, 6.45) is 3.93. The minimum Gasteiger partial charge on any atom is -1.00 e. The molecule has 0 saturated heterocycles. The number of benzene rings is 1. The van der Waals surface area contributed by atoms with Crippen LogP contribution in [0, 0.1) is 0 Å². The molecule has 1 atom stereocenters. The van der Waals surface area contributed by atoms with Crippen LogP contribution in [0.15, 0.2) is 30.3 Å². The van der Waals surface area contributed by atoms with Crippen LogP contribution in [0.3, 0.4) is 0 Å². The van der Waals surface area contributed by atoms with E-state index in [0.29, 0.717) is 0 Å². The maximum Gasteiger partial charge on any atom is 0.104 e. The monoisotopic (exact) mass is 269 g/mol.